The second-order valence-corrected chi connectivity index (χ2v) is 4.46. The first kappa shape index (κ1) is 9.70. The van der Waals surface area contributed by atoms with E-state index in [4.69, 9.17) is 4.74 Å². The van der Waals surface area contributed by atoms with Crippen molar-refractivity contribution in [3.05, 3.63) is 0 Å². The van der Waals surface area contributed by atoms with Crippen molar-refractivity contribution >= 4 is 11.8 Å². The fourth-order valence-electron chi connectivity index (χ4n) is 1.76. The van der Waals surface area contributed by atoms with Crippen molar-refractivity contribution < 1.29 is 25.2 Å². The van der Waals surface area contributed by atoms with Crippen LogP contribution in [0.15, 0.2) is 0 Å². The minimum Gasteiger partial charge on any atom is -0.389 e. The third-order valence-electron chi connectivity index (χ3n) is 2.57. The van der Waals surface area contributed by atoms with Crippen molar-refractivity contribution in [2.75, 3.05) is 5.94 Å². The third kappa shape index (κ3) is 1.38. The second kappa shape index (κ2) is 3.38. The number of ether oxygens (including phenoxy) is 1. The van der Waals surface area contributed by atoms with Crippen LogP contribution in [-0.4, -0.2) is 62.1 Å². The molecule has 6 unspecified atom stereocenters. The Bertz CT molecular complexity index is 181. The van der Waals surface area contributed by atoms with E-state index in [2.05, 4.69) is 0 Å². The number of hydrogen-bond acceptors (Lipinski definition) is 6. The van der Waals surface area contributed by atoms with E-state index in [1.807, 2.05) is 0 Å². The quantitative estimate of drug-likeness (QED) is 0.365. The van der Waals surface area contributed by atoms with Crippen LogP contribution >= 0.6 is 11.8 Å². The molecule has 0 bridgehead atoms. The fraction of sp³-hybridized carbons (Fsp3) is 1.00. The van der Waals surface area contributed by atoms with Crippen LogP contribution in [0.5, 0.6) is 0 Å². The topological polar surface area (TPSA) is 90.2 Å². The van der Waals surface area contributed by atoms with Crippen LogP contribution in [0.4, 0.5) is 0 Å². The maximum absolute atomic E-state index is 9.51. The van der Waals surface area contributed by atoms with Gasteiger partial charge < -0.3 is 25.2 Å². The van der Waals surface area contributed by atoms with Gasteiger partial charge in [-0.3, -0.25) is 0 Å². The van der Waals surface area contributed by atoms with Gasteiger partial charge in [-0.15, -0.1) is 11.8 Å². The lowest BCUT2D eigenvalue weighted by Crippen LogP contribution is -2.61. The molecular formula is C7H12O5S. The minimum absolute atomic E-state index is 0.339. The zero-order valence-electron chi connectivity index (χ0n) is 6.78. The average molecular weight is 208 g/mol. The van der Waals surface area contributed by atoms with Gasteiger partial charge in [0.05, 0.1) is 17.3 Å². The SMILES string of the molecule is OC1C(O)C(O)C2SCOC2C1O. The molecule has 0 radical (unpaired) electrons. The lowest BCUT2D eigenvalue weighted by atomic mass is 9.87. The fourth-order valence-corrected chi connectivity index (χ4v) is 2.94. The van der Waals surface area contributed by atoms with Crippen molar-refractivity contribution in [1.29, 1.82) is 0 Å². The first-order chi connectivity index (χ1) is 6.13. The highest BCUT2D eigenvalue weighted by atomic mass is 32.2. The van der Waals surface area contributed by atoms with E-state index in [1.165, 1.54) is 11.8 Å². The molecule has 2 rings (SSSR count). The number of thioether (sulfide) groups is 1. The highest BCUT2D eigenvalue weighted by molar-refractivity contribution is 8.00. The van der Waals surface area contributed by atoms with Gasteiger partial charge in [-0.05, 0) is 0 Å². The first-order valence-electron chi connectivity index (χ1n) is 4.08. The molecule has 6 atom stereocenters. The van der Waals surface area contributed by atoms with E-state index < -0.39 is 30.5 Å². The lowest BCUT2D eigenvalue weighted by Gasteiger charge is -2.39. The predicted molar refractivity (Wildman–Crippen MR) is 45.1 cm³/mol. The maximum atomic E-state index is 9.51. The van der Waals surface area contributed by atoms with Crippen LogP contribution in [0, 0.1) is 0 Å². The average Bonchev–Trinajstić information content (AvgIpc) is 2.59. The number of rotatable bonds is 0. The molecule has 1 heterocycles. The smallest absolute Gasteiger partial charge is 0.111 e. The van der Waals surface area contributed by atoms with Crippen LogP contribution < -0.4 is 0 Å². The van der Waals surface area contributed by atoms with Gasteiger partial charge in [0, 0.05) is 0 Å². The van der Waals surface area contributed by atoms with Gasteiger partial charge in [0.15, 0.2) is 0 Å². The summed E-state index contributed by atoms with van der Waals surface area (Å²) in [5.74, 6) is 0.378. The Morgan fingerprint density at radius 3 is 2.23 bits per heavy atom. The Morgan fingerprint density at radius 1 is 0.923 bits per heavy atom. The zero-order chi connectivity index (χ0) is 9.59. The van der Waals surface area contributed by atoms with E-state index in [9.17, 15) is 20.4 Å². The summed E-state index contributed by atoms with van der Waals surface area (Å²) in [6.07, 6.45) is -5.33. The van der Waals surface area contributed by atoms with Gasteiger partial charge in [0.25, 0.3) is 0 Å². The van der Waals surface area contributed by atoms with Crippen molar-refractivity contribution in [2.24, 2.45) is 0 Å². The standard InChI is InChI=1S/C7H12O5S/c8-2-3(9)5(11)7-6(4(2)10)12-1-13-7/h2-11H,1H2. The molecule has 0 aromatic carbocycles. The zero-order valence-corrected chi connectivity index (χ0v) is 7.59. The monoisotopic (exact) mass is 208 g/mol. The largest absolute Gasteiger partial charge is 0.389 e. The molecule has 0 spiro atoms. The summed E-state index contributed by atoms with van der Waals surface area (Å²) in [7, 11) is 0. The molecule has 1 saturated carbocycles. The van der Waals surface area contributed by atoms with Gasteiger partial charge in [-0.25, -0.2) is 0 Å². The van der Waals surface area contributed by atoms with E-state index >= 15 is 0 Å². The van der Waals surface area contributed by atoms with Crippen molar-refractivity contribution in [1.82, 2.24) is 0 Å². The van der Waals surface area contributed by atoms with Crippen LogP contribution in [0.25, 0.3) is 0 Å². The van der Waals surface area contributed by atoms with Gasteiger partial charge in [-0.2, -0.15) is 0 Å². The molecule has 1 saturated heterocycles. The van der Waals surface area contributed by atoms with Gasteiger partial charge in [0.2, 0.25) is 0 Å². The molecule has 0 amide bonds. The van der Waals surface area contributed by atoms with Crippen molar-refractivity contribution in [2.45, 2.75) is 35.8 Å². The third-order valence-corrected chi connectivity index (χ3v) is 3.77. The first-order valence-corrected chi connectivity index (χ1v) is 5.13. The summed E-state index contributed by atoms with van der Waals surface area (Å²) >= 11 is 1.34. The molecule has 1 aliphatic carbocycles. The Hall–Kier alpha value is 0.150. The maximum Gasteiger partial charge on any atom is 0.111 e. The molecule has 4 N–H and O–H groups in total. The molecule has 0 aromatic heterocycles. The molecule has 76 valence electrons. The number of aliphatic hydroxyl groups excluding tert-OH is 4. The lowest BCUT2D eigenvalue weighted by molar-refractivity contribution is -0.175. The molecule has 2 fully saturated rings. The number of fused-ring (bicyclic) bond motifs is 1. The Labute approximate surface area is 79.3 Å². The summed E-state index contributed by atoms with van der Waals surface area (Å²) in [6.45, 7) is 0. The molecule has 1 aliphatic heterocycles. The molecule has 5 nitrogen and oxygen atoms in total. The highest BCUT2D eigenvalue weighted by Gasteiger charge is 2.51. The summed E-state index contributed by atoms with van der Waals surface area (Å²) in [5, 5.41) is 37.3. The normalized spacial score (nSPS) is 56.3. The molecule has 6 heteroatoms. The minimum atomic E-state index is -1.32. The summed E-state index contributed by atoms with van der Waals surface area (Å²) < 4.78 is 5.14. The Kier molecular flexibility index (Phi) is 2.52. The Balaban J connectivity index is 2.19. The van der Waals surface area contributed by atoms with Crippen molar-refractivity contribution in [3.8, 4) is 0 Å². The number of aliphatic hydroxyl groups is 4. The second-order valence-electron chi connectivity index (χ2n) is 3.34. The molecule has 13 heavy (non-hydrogen) atoms. The van der Waals surface area contributed by atoms with Crippen LogP contribution in [0.1, 0.15) is 0 Å². The van der Waals surface area contributed by atoms with E-state index in [1.54, 1.807) is 0 Å². The molecular weight excluding hydrogens is 196 g/mol. The van der Waals surface area contributed by atoms with Gasteiger partial charge >= 0.3 is 0 Å². The predicted octanol–water partition coefficient (Wildman–Crippen LogP) is -2.10. The Morgan fingerprint density at radius 2 is 1.54 bits per heavy atom. The van der Waals surface area contributed by atoms with Crippen molar-refractivity contribution in [3.63, 3.8) is 0 Å². The number of hydrogen-bond donors (Lipinski definition) is 4. The van der Waals surface area contributed by atoms with Gasteiger partial charge in [0.1, 0.15) is 24.4 Å². The van der Waals surface area contributed by atoms with E-state index in [-0.39, 0.29) is 5.25 Å². The van der Waals surface area contributed by atoms with E-state index in [0.717, 1.165) is 0 Å². The summed E-state index contributed by atoms with van der Waals surface area (Å²) in [6, 6.07) is 0. The van der Waals surface area contributed by atoms with E-state index in [0.29, 0.717) is 5.94 Å². The highest BCUT2D eigenvalue weighted by Crippen LogP contribution is 2.37. The molecule has 0 aromatic rings. The summed E-state index contributed by atoms with van der Waals surface area (Å²) in [5.41, 5.74) is 0. The van der Waals surface area contributed by atoms with Crippen LogP contribution in [-0.2, 0) is 4.74 Å². The summed E-state index contributed by atoms with van der Waals surface area (Å²) in [4.78, 5) is 0. The van der Waals surface area contributed by atoms with Crippen LogP contribution in [0.3, 0.4) is 0 Å². The van der Waals surface area contributed by atoms with Gasteiger partial charge in [-0.1, -0.05) is 0 Å². The van der Waals surface area contributed by atoms with Crippen LogP contribution in [0.2, 0.25) is 0 Å². The molecule has 2 aliphatic rings.